The van der Waals surface area contributed by atoms with Crippen LogP contribution in [-0.4, -0.2) is 87.5 Å². The summed E-state index contributed by atoms with van der Waals surface area (Å²) in [6, 6.07) is -0.834. The molecule has 0 radical (unpaired) electrons. The minimum atomic E-state index is -1.58. The predicted molar refractivity (Wildman–Crippen MR) is 359 cm³/mol. The second kappa shape index (κ2) is 63.6. The Hall–Kier alpha value is -2.37. The van der Waals surface area contributed by atoms with Gasteiger partial charge in [-0.1, -0.05) is 324 Å². The van der Waals surface area contributed by atoms with E-state index in [1.54, 1.807) is 6.08 Å². The average molecular weight is 1180 g/mol. The molecule has 7 unspecified atom stereocenters. The number of nitrogens with one attached hydrogen (secondary N) is 1. The molecule has 9 heteroatoms. The molecule has 0 saturated carbocycles. The highest BCUT2D eigenvalue weighted by atomic mass is 16.7. The molecule has 1 fully saturated rings. The first-order valence-electron chi connectivity index (χ1n) is 36.2. The van der Waals surface area contributed by atoms with Gasteiger partial charge in [-0.25, -0.2) is 0 Å². The van der Waals surface area contributed by atoms with Crippen LogP contribution in [-0.2, 0) is 14.3 Å². The summed E-state index contributed by atoms with van der Waals surface area (Å²) in [5.41, 5.74) is 0. The van der Waals surface area contributed by atoms with E-state index in [0.29, 0.717) is 6.42 Å². The Balaban J connectivity index is 2.16. The molecule has 0 spiro atoms. The largest absolute Gasteiger partial charge is 0.394 e. The van der Waals surface area contributed by atoms with Gasteiger partial charge in [0.2, 0.25) is 5.91 Å². The monoisotopic (exact) mass is 1180 g/mol. The lowest BCUT2D eigenvalue weighted by atomic mass is 9.99. The second-order valence-electron chi connectivity index (χ2n) is 25.0. The molecule has 84 heavy (non-hydrogen) atoms. The van der Waals surface area contributed by atoms with Gasteiger partial charge in [0.1, 0.15) is 24.4 Å². The van der Waals surface area contributed by atoms with Gasteiger partial charge in [0.05, 0.1) is 25.4 Å². The Kier molecular flexibility index (Phi) is 60.3. The molecular weight excluding hydrogens is 1040 g/mol. The highest BCUT2D eigenvalue weighted by Crippen LogP contribution is 2.23. The second-order valence-corrected chi connectivity index (χ2v) is 25.0. The molecule has 0 aromatic carbocycles. The summed E-state index contributed by atoms with van der Waals surface area (Å²) < 4.78 is 11.3. The molecule has 1 aliphatic rings. The SMILES string of the molecule is CCCCCCC/C=C\C/C=C\C/C=C\CCCCCCCCCCCCCCCCC(=O)NC(COC1OC(CO)C(O)C(O)C1O)C(O)/C=C/CC/C=C/CC/C=C/CCCCCCCCCCCCCCCCCCCCCCCC. The van der Waals surface area contributed by atoms with Crippen LogP contribution in [0.15, 0.2) is 72.9 Å². The summed E-state index contributed by atoms with van der Waals surface area (Å²) in [6.07, 6.45) is 83.0. The average Bonchev–Trinajstić information content (AvgIpc) is 3.69. The van der Waals surface area contributed by atoms with E-state index in [4.69, 9.17) is 9.47 Å². The summed E-state index contributed by atoms with van der Waals surface area (Å²) in [4.78, 5) is 13.1. The number of carbonyl (C=O) groups excluding carboxylic acids is 1. The molecule has 6 N–H and O–H groups in total. The van der Waals surface area contributed by atoms with Gasteiger partial charge in [0, 0.05) is 6.42 Å². The summed E-state index contributed by atoms with van der Waals surface area (Å²) in [5.74, 6) is -0.189. The first-order chi connectivity index (χ1) is 41.3. The highest BCUT2D eigenvalue weighted by molar-refractivity contribution is 5.76. The van der Waals surface area contributed by atoms with Crippen molar-refractivity contribution in [1.82, 2.24) is 5.32 Å². The van der Waals surface area contributed by atoms with Crippen molar-refractivity contribution in [3.63, 3.8) is 0 Å². The molecule has 0 aliphatic carbocycles. The zero-order valence-corrected chi connectivity index (χ0v) is 54.9. The van der Waals surface area contributed by atoms with Crippen molar-refractivity contribution in [3.05, 3.63) is 72.9 Å². The van der Waals surface area contributed by atoms with E-state index in [9.17, 15) is 30.3 Å². The van der Waals surface area contributed by atoms with Gasteiger partial charge in [-0.2, -0.15) is 0 Å². The minimum Gasteiger partial charge on any atom is -0.394 e. The van der Waals surface area contributed by atoms with Crippen LogP contribution >= 0.6 is 0 Å². The quantitative estimate of drug-likeness (QED) is 0.0261. The Morgan fingerprint density at radius 1 is 0.405 bits per heavy atom. The van der Waals surface area contributed by atoms with Crippen molar-refractivity contribution >= 4 is 5.91 Å². The van der Waals surface area contributed by atoms with Crippen LogP contribution in [0.4, 0.5) is 0 Å². The summed E-state index contributed by atoms with van der Waals surface area (Å²) in [6.45, 7) is 3.79. The molecule has 1 rings (SSSR count). The molecule has 0 bridgehead atoms. The van der Waals surface area contributed by atoms with Crippen molar-refractivity contribution in [1.29, 1.82) is 0 Å². The van der Waals surface area contributed by atoms with E-state index < -0.39 is 49.5 Å². The predicted octanol–water partition coefficient (Wildman–Crippen LogP) is 19.9. The van der Waals surface area contributed by atoms with Crippen molar-refractivity contribution in [2.45, 2.75) is 384 Å². The number of hydrogen-bond donors (Lipinski definition) is 6. The number of allylic oxidation sites excluding steroid dienone is 11. The standard InChI is InChI=1S/C75H137NO8/c1-3-5-7-9-11-13-15-17-19-21-23-25-27-29-31-33-34-35-37-38-40-42-44-46-48-50-52-54-56-58-60-62-64-69(78)68(67-83-75-74(82)73(81)72(80)70(66-77)84-75)76-71(79)65-63-61-59-57-55-53-51-49-47-45-43-41-39-36-32-30-28-26-24-22-20-18-16-14-12-10-8-6-4-2/h16,18,22,24,28,30,46,48,54,56,62,64,68-70,72-75,77-78,80-82H,3-15,17,19-21,23,25-27,29,31-45,47,49-53,55,57-61,63,65-67H2,1-2H3,(H,76,79)/b18-16-,24-22-,30-28-,48-46+,56-54+,64-62+. The maximum Gasteiger partial charge on any atom is 0.220 e. The normalized spacial score (nSPS) is 18.6. The number of unbranched alkanes of at least 4 members (excludes halogenated alkanes) is 43. The molecule has 7 atom stereocenters. The van der Waals surface area contributed by atoms with Crippen LogP contribution in [0.2, 0.25) is 0 Å². The Morgan fingerprint density at radius 3 is 1.08 bits per heavy atom. The van der Waals surface area contributed by atoms with E-state index in [2.05, 4.69) is 79.9 Å². The number of hydrogen-bond acceptors (Lipinski definition) is 8. The van der Waals surface area contributed by atoms with Gasteiger partial charge in [-0.3, -0.25) is 4.79 Å². The molecule has 0 aromatic rings. The van der Waals surface area contributed by atoms with Gasteiger partial charge in [0.15, 0.2) is 6.29 Å². The Labute approximate surface area is 519 Å². The molecule has 1 heterocycles. The van der Waals surface area contributed by atoms with Crippen LogP contribution in [0.1, 0.15) is 341 Å². The Morgan fingerprint density at radius 2 is 0.714 bits per heavy atom. The number of aliphatic hydroxyl groups excluding tert-OH is 5. The van der Waals surface area contributed by atoms with Crippen LogP contribution in [0.3, 0.4) is 0 Å². The maximum absolute atomic E-state index is 13.1. The minimum absolute atomic E-state index is 0.189. The van der Waals surface area contributed by atoms with E-state index in [-0.39, 0.29) is 12.5 Å². The van der Waals surface area contributed by atoms with Gasteiger partial charge < -0.3 is 40.3 Å². The van der Waals surface area contributed by atoms with Gasteiger partial charge in [0.25, 0.3) is 0 Å². The van der Waals surface area contributed by atoms with Crippen molar-refractivity contribution in [3.8, 4) is 0 Å². The third-order valence-electron chi connectivity index (χ3n) is 17.0. The van der Waals surface area contributed by atoms with E-state index in [1.807, 2.05) is 6.08 Å². The van der Waals surface area contributed by atoms with E-state index in [1.165, 1.54) is 263 Å². The van der Waals surface area contributed by atoms with E-state index >= 15 is 0 Å². The third kappa shape index (κ3) is 51.7. The smallest absolute Gasteiger partial charge is 0.220 e. The maximum atomic E-state index is 13.1. The fourth-order valence-electron chi connectivity index (χ4n) is 11.3. The lowest BCUT2D eigenvalue weighted by Gasteiger charge is -2.40. The van der Waals surface area contributed by atoms with Gasteiger partial charge in [-0.15, -0.1) is 0 Å². The summed E-state index contributed by atoms with van der Waals surface area (Å²) in [7, 11) is 0. The van der Waals surface area contributed by atoms with Gasteiger partial charge in [-0.05, 0) is 83.5 Å². The topological polar surface area (TPSA) is 149 Å². The molecule has 1 amide bonds. The first kappa shape index (κ1) is 79.6. The fourth-order valence-corrected chi connectivity index (χ4v) is 11.3. The molecule has 9 nitrogen and oxygen atoms in total. The third-order valence-corrected chi connectivity index (χ3v) is 17.0. The molecule has 1 saturated heterocycles. The van der Waals surface area contributed by atoms with Crippen molar-refractivity contribution in [2.75, 3.05) is 13.2 Å². The van der Waals surface area contributed by atoms with Crippen molar-refractivity contribution in [2.24, 2.45) is 0 Å². The molecule has 0 aromatic heterocycles. The lowest BCUT2D eigenvalue weighted by Crippen LogP contribution is -2.60. The number of amides is 1. The molecule has 490 valence electrons. The zero-order valence-electron chi connectivity index (χ0n) is 54.9. The number of carbonyl (C=O) groups is 1. The van der Waals surface area contributed by atoms with E-state index in [0.717, 1.165) is 57.8 Å². The van der Waals surface area contributed by atoms with Crippen LogP contribution in [0.5, 0.6) is 0 Å². The fraction of sp³-hybridized carbons (Fsp3) is 0.827. The highest BCUT2D eigenvalue weighted by Gasteiger charge is 2.44. The molecule has 1 aliphatic heterocycles. The Bertz CT molecular complexity index is 1560. The zero-order chi connectivity index (χ0) is 60.7. The summed E-state index contributed by atoms with van der Waals surface area (Å²) in [5, 5.41) is 54.8. The van der Waals surface area contributed by atoms with Gasteiger partial charge >= 0.3 is 0 Å². The van der Waals surface area contributed by atoms with Crippen molar-refractivity contribution < 1.29 is 39.8 Å². The molecular formula is C75H137NO8. The lowest BCUT2D eigenvalue weighted by molar-refractivity contribution is -0.302. The first-order valence-corrected chi connectivity index (χ1v) is 36.2. The summed E-state index contributed by atoms with van der Waals surface area (Å²) >= 11 is 0. The van der Waals surface area contributed by atoms with Crippen LogP contribution < -0.4 is 5.32 Å². The number of ether oxygens (including phenoxy) is 2. The van der Waals surface area contributed by atoms with Crippen LogP contribution in [0, 0.1) is 0 Å². The van der Waals surface area contributed by atoms with Crippen LogP contribution in [0.25, 0.3) is 0 Å². The number of aliphatic hydroxyl groups is 5. The number of rotatable bonds is 63.